The van der Waals surface area contributed by atoms with Crippen molar-refractivity contribution in [2.24, 2.45) is 0 Å². The molecule has 144 valence electrons. The number of urea groups is 1. The first-order valence-corrected chi connectivity index (χ1v) is 9.58. The molecule has 2 N–H and O–H groups in total. The quantitative estimate of drug-likeness (QED) is 0.700. The van der Waals surface area contributed by atoms with E-state index in [-0.39, 0.29) is 18.0 Å². The molecular formula is C20H32N4O2. The van der Waals surface area contributed by atoms with Gasteiger partial charge in [-0.3, -0.25) is 4.79 Å². The Hall–Kier alpha value is -2.08. The topological polar surface area (TPSA) is 64.7 Å². The normalized spacial score (nSPS) is 17.0. The summed E-state index contributed by atoms with van der Waals surface area (Å²) in [7, 11) is 0. The third kappa shape index (κ3) is 5.46. The van der Waals surface area contributed by atoms with Gasteiger partial charge in [0.1, 0.15) is 0 Å². The molecule has 0 aromatic heterocycles. The molecule has 0 radical (unpaired) electrons. The Balaban J connectivity index is 1.77. The number of amides is 3. The molecule has 1 aromatic rings. The molecule has 6 heteroatoms. The van der Waals surface area contributed by atoms with E-state index in [4.69, 9.17) is 0 Å². The van der Waals surface area contributed by atoms with Crippen LogP contribution in [-0.2, 0) is 4.79 Å². The van der Waals surface area contributed by atoms with Gasteiger partial charge in [-0.05, 0) is 63.2 Å². The Labute approximate surface area is 156 Å². The van der Waals surface area contributed by atoms with Gasteiger partial charge in [0.15, 0.2) is 0 Å². The van der Waals surface area contributed by atoms with Crippen molar-refractivity contribution in [3.8, 4) is 0 Å². The molecule has 1 atom stereocenters. The maximum absolute atomic E-state index is 12.3. The predicted octanol–water partition coefficient (Wildman–Crippen LogP) is 2.44. The third-order valence-electron chi connectivity index (χ3n) is 5.09. The first kappa shape index (κ1) is 20.2. The fourth-order valence-corrected chi connectivity index (χ4v) is 3.23. The van der Waals surface area contributed by atoms with Crippen LogP contribution in [0.25, 0.3) is 0 Å². The van der Waals surface area contributed by atoms with Crippen molar-refractivity contribution in [1.82, 2.24) is 15.5 Å². The Morgan fingerprint density at radius 3 is 2.62 bits per heavy atom. The van der Waals surface area contributed by atoms with Crippen molar-refractivity contribution < 1.29 is 9.59 Å². The van der Waals surface area contributed by atoms with Crippen LogP contribution in [0.3, 0.4) is 0 Å². The summed E-state index contributed by atoms with van der Waals surface area (Å²) in [5, 5.41) is 5.82. The average molecular weight is 361 g/mol. The van der Waals surface area contributed by atoms with E-state index >= 15 is 0 Å². The monoisotopic (exact) mass is 360 g/mol. The number of carbonyl (C=O) groups is 2. The maximum Gasteiger partial charge on any atom is 0.315 e. The van der Waals surface area contributed by atoms with Crippen molar-refractivity contribution in [1.29, 1.82) is 0 Å². The standard InChI is InChI=1S/C20H32N4O2/c1-5-23(6-2)11-7-10-21-20(26)22-17-13-19(25)24(14-17)18-9-8-15(3)16(4)12-18/h8-9,12,17H,5-7,10-11,13-14H2,1-4H3,(H2,21,22,26)/t17-/m1/s1. The number of nitrogens with zero attached hydrogens (tertiary/aromatic N) is 2. The number of nitrogens with one attached hydrogen (secondary N) is 2. The van der Waals surface area contributed by atoms with Crippen LogP contribution in [0, 0.1) is 13.8 Å². The molecule has 0 saturated carbocycles. The van der Waals surface area contributed by atoms with Gasteiger partial charge in [0.25, 0.3) is 0 Å². The minimum absolute atomic E-state index is 0.0556. The van der Waals surface area contributed by atoms with Crippen molar-refractivity contribution in [3.63, 3.8) is 0 Å². The largest absolute Gasteiger partial charge is 0.338 e. The SMILES string of the molecule is CCN(CC)CCCNC(=O)N[C@@H]1CC(=O)N(c2ccc(C)c(C)c2)C1. The van der Waals surface area contributed by atoms with Gasteiger partial charge in [-0.25, -0.2) is 4.79 Å². The highest BCUT2D eigenvalue weighted by Gasteiger charge is 2.31. The molecule has 1 aliphatic heterocycles. The molecular weight excluding hydrogens is 328 g/mol. The van der Waals surface area contributed by atoms with E-state index in [1.807, 2.05) is 25.1 Å². The molecule has 6 nitrogen and oxygen atoms in total. The van der Waals surface area contributed by atoms with Crippen LogP contribution in [0.15, 0.2) is 18.2 Å². The van der Waals surface area contributed by atoms with Crippen LogP contribution in [0.2, 0.25) is 0 Å². The van der Waals surface area contributed by atoms with E-state index in [0.717, 1.165) is 37.3 Å². The average Bonchev–Trinajstić information content (AvgIpc) is 2.97. The molecule has 0 aliphatic carbocycles. The molecule has 26 heavy (non-hydrogen) atoms. The number of benzene rings is 1. The van der Waals surface area contributed by atoms with E-state index < -0.39 is 0 Å². The highest BCUT2D eigenvalue weighted by Crippen LogP contribution is 2.24. The second kappa shape index (κ2) is 9.57. The zero-order valence-corrected chi connectivity index (χ0v) is 16.5. The Bertz CT molecular complexity index is 628. The fourth-order valence-electron chi connectivity index (χ4n) is 3.23. The lowest BCUT2D eigenvalue weighted by molar-refractivity contribution is -0.117. The summed E-state index contributed by atoms with van der Waals surface area (Å²) in [4.78, 5) is 28.5. The molecule has 2 rings (SSSR count). The number of rotatable bonds is 8. The van der Waals surface area contributed by atoms with E-state index in [0.29, 0.717) is 19.5 Å². The number of hydrogen-bond acceptors (Lipinski definition) is 3. The molecule has 0 bridgehead atoms. The van der Waals surface area contributed by atoms with Crippen LogP contribution < -0.4 is 15.5 Å². The molecule has 0 unspecified atom stereocenters. The van der Waals surface area contributed by atoms with Gasteiger partial charge in [-0.2, -0.15) is 0 Å². The molecule has 1 aromatic carbocycles. The molecule has 1 aliphatic rings. The van der Waals surface area contributed by atoms with Gasteiger partial charge in [0.2, 0.25) is 5.91 Å². The van der Waals surface area contributed by atoms with Gasteiger partial charge in [-0.1, -0.05) is 19.9 Å². The second-order valence-electron chi connectivity index (χ2n) is 6.95. The lowest BCUT2D eigenvalue weighted by Crippen LogP contribution is -2.44. The van der Waals surface area contributed by atoms with Crippen LogP contribution in [0.1, 0.15) is 37.8 Å². The Morgan fingerprint density at radius 2 is 1.96 bits per heavy atom. The van der Waals surface area contributed by atoms with Gasteiger partial charge in [0.05, 0.1) is 6.04 Å². The molecule has 1 heterocycles. The number of carbonyl (C=O) groups excluding carboxylic acids is 2. The summed E-state index contributed by atoms with van der Waals surface area (Å²) in [6.45, 7) is 12.6. The van der Waals surface area contributed by atoms with Crippen LogP contribution in [0.5, 0.6) is 0 Å². The van der Waals surface area contributed by atoms with Crippen molar-refractivity contribution in [3.05, 3.63) is 29.3 Å². The summed E-state index contributed by atoms with van der Waals surface area (Å²) in [5.41, 5.74) is 3.28. The van der Waals surface area contributed by atoms with Gasteiger partial charge in [0, 0.05) is 25.2 Å². The second-order valence-corrected chi connectivity index (χ2v) is 6.95. The summed E-state index contributed by atoms with van der Waals surface area (Å²) in [5.74, 6) is 0.0556. The van der Waals surface area contributed by atoms with E-state index in [1.54, 1.807) is 4.90 Å². The maximum atomic E-state index is 12.3. The first-order valence-electron chi connectivity index (χ1n) is 9.58. The molecule has 1 saturated heterocycles. The molecule has 1 fully saturated rings. The number of hydrogen-bond donors (Lipinski definition) is 2. The Kier molecular flexibility index (Phi) is 7.45. The summed E-state index contributed by atoms with van der Waals surface area (Å²) in [6.07, 6.45) is 1.27. The lowest BCUT2D eigenvalue weighted by atomic mass is 10.1. The zero-order chi connectivity index (χ0) is 19.1. The minimum atomic E-state index is -0.190. The minimum Gasteiger partial charge on any atom is -0.338 e. The van der Waals surface area contributed by atoms with E-state index in [2.05, 4.69) is 36.3 Å². The first-order chi connectivity index (χ1) is 12.4. The number of aryl methyl sites for hydroxylation is 2. The van der Waals surface area contributed by atoms with Crippen molar-refractivity contribution in [2.45, 2.75) is 46.6 Å². The van der Waals surface area contributed by atoms with Crippen molar-refractivity contribution in [2.75, 3.05) is 37.6 Å². The van der Waals surface area contributed by atoms with E-state index in [9.17, 15) is 9.59 Å². The third-order valence-corrected chi connectivity index (χ3v) is 5.09. The smallest absolute Gasteiger partial charge is 0.315 e. The fraction of sp³-hybridized carbons (Fsp3) is 0.600. The van der Waals surface area contributed by atoms with Crippen LogP contribution in [0.4, 0.5) is 10.5 Å². The molecule has 0 spiro atoms. The van der Waals surface area contributed by atoms with Crippen LogP contribution in [-0.4, -0.2) is 55.6 Å². The summed E-state index contributed by atoms with van der Waals surface area (Å²) < 4.78 is 0. The highest BCUT2D eigenvalue weighted by atomic mass is 16.2. The predicted molar refractivity (Wildman–Crippen MR) is 106 cm³/mol. The van der Waals surface area contributed by atoms with E-state index in [1.165, 1.54) is 5.56 Å². The Morgan fingerprint density at radius 1 is 1.23 bits per heavy atom. The summed E-state index contributed by atoms with van der Waals surface area (Å²) >= 11 is 0. The molecule has 3 amide bonds. The number of anilines is 1. The van der Waals surface area contributed by atoms with Gasteiger partial charge < -0.3 is 20.4 Å². The van der Waals surface area contributed by atoms with Gasteiger partial charge >= 0.3 is 6.03 Å². The highest BCUT2D eigenvalue weighted by molar-refractivity contribution is 5.96. The van der Waals surface area contributed by atoms with Gasteiger partial charge in [-0.15, -0.1) is 0 Å². The summed E-state index contributed by atoms with van der Waals surface area (Å²) in [6, 6.07) is 5.69. The lowest BCUT2D eigenvalue weighted by Gasteiger charge is -2.19. The van der Waals surface area contributed by atoms with Crippen LogP contribution >= 0.6 is 0 Å². The zero-order valence-electron chi connectivity index (χ0n) is 16.5. The van der Waals surface area contributed by atoms with Crippen molar-refractivity contribution >= 4 is 17.6 Å².